The maximum absolute atomic E-state index is 10.1. The third-order valence-corrected chi connectivity index (χ3v) is 5.45. The Labute approximate surface area is 130 Å². The van der Waals surface area contributed by atoms with Gasteiger partial charge in [-0.05, 0) is 37.1 Å². The number of thiophene rings is 1. The Morgan fingerprint density at radius 3 is 3.00 bits per heavy atom. The van der Waals surface area contributed by atoms with Gasteiger partial charge in [-0.3, -0.25) is 0 Å². The molecule has 0 aliphatic heterocycles. The molecule has 0 amide bonds. The van der Waals surface area contributed by atoms with Crippen LogP contribution in [0.1, 0.15) is 48.6 Å². The summed E-state index contributed by atoms with van der Waals surface area (Å²) in [5.74, 6) is 0. The van der Waals surface area contributed by atoms with Crippen molar-refractivity contribution in [2.24, 2.45) is 0 Å². The van der Waals surface area contributed by atoms with E-state index in [0.717, 1.165) is 18.4 Å². The lowest BCUT2D eigenvalue weighted by Gasteiger charge is -2.25. The van der Waals surface area contributed by atoms with Crippen LogP contribution in [0.5, 0.6) is 0 Å². The van der Waals surface area contributed by atoms with Crippen LogP contribution in [0, 0.1) is 5.41 Å². The fraction of sp³-hybridized carbons (Fsp3) is 0.688. The highest BCUT2D eigenvalue weighted by atomic mass is 32.1. The molecule has 1 aromatic heterocycles. The number of aliphatic hydroxyl groups is 1. The molecule has 0 saturated heterocycles. The molecule has 4 nitrogen and oxygen atoms in total. The number of fused-ring (bicyclic) bond motifs is 1. The second kappa shape index (κ2) is 7.01. The molecule has 0 radical (unpaired) electrons. The molecule has 0 spiro atoms. The maximum Gasteiger partial charge on any atom is 0.121 e. The molecule has 2 aliphatic rings. The number of rotatable bonds is 6. The van der Waals surface area contributed by atoms with Gasteiger partial charge >= 0.3 is 0 Å². The van der Waals surface area contributed by atoms with E-state index < -0.39 is 6.10 Å². The van der Waals surface area contributed by atoms with Crippen molar-refractivity contribution >= 4 is 17.0 Å². The first-order valence-corrected chi connectivity index (χ1v) is 8.78. The Morgan fingerprint density at radius 2 is 2.19 bits per heavy atom. The van der Waals surface area contributed by atoms with Crippen LogP contribution in [-0.2, 0) is 11.2 Å². The molecule has 2 unspecified atom stereocenters. The van der Waals surface area contributed by atoms with E-state index in [1.165, 1.54) is 30.6 Å². The predicted molar refractivity (Wildman–Crippen MR) is 85.3 cm³/mol. The zero-order valence-electron chi connectivity index (χ0n) is 12.3. The first-order valence-electron chi connectivity index (χ1n) is 7.90. The quantitative estimate of drug-likeness (QED) is 0.757. The van der Waals surface area contributed by atoms with E-state index in [2.05, 4.69) is 16.8 Å². The summed E-state index contributed by atoms with van der Waals surface area (Å²) < 4.78 is 5.85. The van der Waals surface area contributed by atoms with E-state index in [-0.39, 0.29) is 6.10 Å². The minimum Gasteiger partial charge on any atom is -0.389 e. The summed E-state index contributed by atoms with van der Waals surface area (Å²) in [5.41, 5.74) is 1.77. The van der Waals surface area contributed by atoms with Gasteiger partial charge in [-0.15, -0.1) is 11.3 Å². The summed E-state index contributed by atoms with van der Waals surface area (Å²) in [4.78, 5) is 1.33. The lowest BCUT2D eigenvalue weighted by molar-refractivity contribution is 0.0139. The molecule has 21 heavy (non-hydrogen) atoms. The number of hydrogen-bond donors (Lipinski definition) is 3. The maximum atomic E-state index is 10.1. The van der Waals surface area contributed by atoms with Crippen molar-refractivity contribution in [3.8, 4) is 0 Å². The third-order valence-electron chi connectivity index (χ3n) is 4.45. The molecule has 3 N–H and O–H groups in total. The third kappa shape index (κ3) is 3.72. The molecular formula is C16H24N2O2S. The van der Waals surface area contributed by atoms with Crippen LogP contribution in [0.15, 0.2) is 11.4 Å². The van der Waals surface area contributed by atoms with Crippen LogP contribution in [0.4, 0.5) is 0 Å². The van der Waals surface area contributed by atoms with Gasteiger partial charge in [0.2, 0.25) is 0 Å². The number of hydrogen-bond acceptors (Lipinski definition) is 5. The van der Waals surface area contributed by atoms with Gasteiger partial charge < -0.3 is 20.6 Å². The lowest BCUT2D eigenvalue weighted by Crippen LogP contribution is -2.37. The minimum absolute atomic E-state index is 0.249. The molecule has 2 atom stereocenters. The normalized spacial score (nSPS) is 24.2. The van der Waals surface area contributed by atoms with Crippen LogP contribution < -0.4 is 5.32 Å². The highest BCUT2D eigenvalue weighted by Crippen LogP contribution is 2.33. The van der Waals surface area contributed by atoms with Gasteiger partial charge in [0.15, 0.2) is 0 Å². The topological polar surface area (TPSA) is 65.3 Å². The van der Waals surface area contributed by atoms with Crippen LogP contribution in [-0.4, -0.2) is 36.1 Å². The average molecular weight is 308 g/mol. The molecule has 0 bridgehead atoms. The standard InChI is InChI=1S/C16H24N2O2S/c17-14-5-6-15-13(7-8-21-15)16(14)20-10-12(19)9-18-11-3-1-2-4-11/h7-8,11-12,16-19H,1-6,9-10H2. The highest BCUT2D eigenvalue weighted by molar-refractivity contribution is 7.10. The number of ether oxygens (including phenoxy) is 1. The van der Waals surface area contributed by atoms with Gasteiger partial charge in [-0.1, -0.05) is 12.8 Å². The van der Waals surface area contributed by atoms with Crippen molar-refractivity contribution in [1.29, 1.82) is 5.41 Å². The Morgan fingerprint density at radius 1 is 1.38 bits per heavy atom. The van der Waals surface area contributed by atoms with Crippen LogP contribution in [0.2, 0.25) is 0 Å². The van der Waals surface area contributed by atoms with Gasteiger partial charge in [0, 0.05) is 28.7 Å². The van der Waals surface area contributed by atoms with E-state index in [1.807, 2.05) is 0 Å². The molecule has 116 valence electrons. The molecule has 1 fully saturated rings. The van der Waals surface area contributed by atoms with Gasteiger partial charge in [0.1, 0.15) is 6.10 Å². The van der Waals surface area contributed by atoms with Crippen molar-refractivity contribution in [2.45, 2.75) is 56.8 Å². The second-order valence-electron chi connectivity index (χ2n) is 6.08. The summed E-state index contributed by atoms with van der Waals surface area (Å²) >= 11 is 1.74. The molecule has 2 aliphatic carbocycles. The van der Waals surface area contributed by atoms with Crippen molar-refractivity contribution in [1.82, 2.24) is 5.32 Å². The zero-order chi connectivity index (χ0) is 14.7. The van der Waals surface area contributed by atoms with E-state index in [9.17, 15) is 5.11 Å². The highest BCUT2D eigenvalue weighted by Gasteiger charge is 2.27. The Kier molecular flexibility index (Phi) is 5.06. The average Bonchev–Trinajstić information content (AvgIpc) is 3.15. The van der Waals surface area contributed by atoms with Gasteiger partial charge in [-0.25, -0.2) is 0 Å². The monoisotopic (exact) mass is 308 g/mol. The molecule has 3 rings (SSSR count). The fourth-order valence-corrected chi connectivity index (χ4v) is 4.15. The predicted octanol–water partition coefficient (Wildman–Crippen LogP) is 2.66. The van der Waals surface area contributed by atoms with E-state index >= 15 is 0 Å². The Bertz CT molecular complexity index is 482. The van der Waals surface area contributed by atoms with Crippen molar-refractivity contribution < 1.29 is 9.84 Å². The number of aliphatic hydroxyl groups excluding tert-OH is 1. The van der Waals surface area contributed by atoms with Crippen LogP contribution >= 0.6 is 11.3 Å². The molecule has 5 heteroatoms. The summed E-state index contributed by atoms with van der Waals surface area (Å²) in [5, 5.41) is 23.6. The van der Waals surface area contributed by atoms with Crippen LogP contribution in [0.3, 0.4) is 0 Å². The fourth-order valence-electron chi connectivity index (χ4n) is 3.24. The lowest BCUT2D eigenvalue weighted by atomic mass is 9.94. The smallest absolute Gasteiger partial charge is 0.121 e. The van der Waals surface area contributed by atoms with E-state index in [1.54, 1.807) is 11.3 Å². The first kappa shape index (κ1) is 15.2. The van der Waals surface area contributed by atoms with Gasteiger partial charge in [0.25, 0.3) is 0 Å². The molecular weight excluding hydrogens is 284 g/mol. The number of aryl methyl sites for hydroxylation is 1. The molecule has 1 heterocycles. The summed E-state index contributed by atoms with van der Waals surface area (Å²) in [6.45, 7) is 0.878. The summed E-state index contributed by atoms with van der Waals surface area (Å²) in [6.07, 6.45) is 6.02. The Hall–Kier alpha value is -0.750. The first-order chi connectivity index (χ1) is 10.2. The number of nitrogens with one attached hydrogen (secondary N) is 2. The van der Waals surface area contributed by atoms with Crippen molar-refractivity contribution in [3.05, 3.63) is 21.9 Å². The van der Waals surface area contributed by atoms with Gasteiger partial charge in [0.05, 0.1) is 12.7 Å². The minimum atomic E-state index is -0.498. The Balaban J connectivity index is 1.47. The van der Waals surface area contributed by atoms with Crippen LogP contribution in [0.25, 0.3) is 0 Å². The largest absolute Gasteiger partial charge is 0.389 e. The molecule has 1 aromatic rings. The second-order valence-corrected chi connectivity index (χ2v) is 7.08. The molecule has 0 aromatic carbocycles. The van der Waals surface area contributed by atoms with Crippen molar-refractivity contribution in [2.75, 3.05) is 13.2 Å². The van der Waals surface area contributed by atoms with Gasteiger partial charge in [-0.2, -0.15) is 0 Å². The van der Waals surface area contributed by atoms with E-state index in [0.29, 0.717) is 24.9 Å². The summed E-state index contributed by atoms with van der Waals surface area (Å²) in [6, 6.07) is 2.62. The summed E-state index contributed by atoms with van der Waals surface area (Å²) in [7, 11) is 0. The zero-order valence-corrected chi connectivity index (χ0v) is 13.1. The van der Waals surface area contributed by atoms with E-state index in [4.69, 9.17) is 10.1 Å². The SMILES string of the molecule is N=C1CCc2sccc2C1OCC(O)CNC1CCCC1. The molecule has 1 saturated carbocycles. The van der Waals surface area contributed by atoms with Crippen molar-refractivity contribution in [3.63, 3.8) is 0 Å².